The molecule has 11 heteroatoms. The number of fused-ring (bicyclic) bond motifs is 1. The van der Waals surface area contributed by atoms with Crippen LogP contribution < -0.4 is 15.5 Å². The van der Waals surface area contributed by atoms with Crippen LogP contribution in [0.5, 0.6) is 0 Å². The van der Waals surface area contributed by atoms with Crippen molar-refractivity contribution in [1.82, 2.24) is 5.32 Å². The summed E-state index contributed by atoms with van der Waals surface area (Å²) in [5.41, 5.74) is 0.713. The van der Waals surface area contributed by atoms with Gasteiger partial charge in [-0.3, -0.25) is 14.4 Å². The maximum atomic E-state index is 14.1. The molecule has 0 bridgehead atoms. The largest absolute Gasteiger partial charge is 0.327 e. The van der Waals surface area contributed by atoms with Gasteiger partial charge < -0.3 is 10.6 Å². The van der Waals surface area contributed by atoms with Crippen molar-refractivity contribution in [2.24, 2.45) is 11.8 Å². The Morgan fingerprint density at radius 3 is 2.24 bits per heavy atom. The number of rotatable bonds is 6. The second-order valence-electron chi connectivity index (χ2n) is 9.46. The molecule has 2 N–H and O–H groups in total. The predicted octanol–water partition coefficient (Wildman–Crippen LogP) is 6.76. The van der Waals surface area contributed by atoms with Gasteiger partial charge >= 0.3 is 0 Å². The molecule has 0 saturated carbocycles. The van der Waals surface area contributed by atoms with E-state index in [0.29, 0.717) is 34.1 Å². The first-order valence-electron chi connectivity index (χ1n) is 11.6. The molecule has 0 aliphatic carbocycles. The first-order valence-corrected chi connectivity index (χ1v) is 13.5. The van der Waals surface area contributed by atoms with E-state index >= 15 is 0 Å². The fraction of sp³-hybridized carbons (Fsp3) is 0.222. The number of carbonyl (C=O) groups excluding carboxylic acids is 3. The van der Waals surface area contributed by atoms with Gasteiger partial charge in [0.2, 0.25) is 18.2 Å². The van der Waals surface area contributed by atoms with Crippen LogP contribution in [0.1, 0.15) is 18.1 Å². The fourth-order valence-electron chi connectivity index (χ4n) is 5.70. The van der Waals surface area contributed by atoms with Gasteiger partial charge in [0.05, 0.1) is 33.8 Å². The molecule has 3 amide bonds. The number of carbonyl (C=O) groups is 3. The highest BCUT2D eigenvalue weighted by molar-refractivity contribution is 6.37. The van der Waals surface area contributed by atoms with Crippen LogP contribution in [-0.4, -0.2) is 24.3 Å². The summed E-state index contributed by atoms with van der Waals surface area (Å²) in [6.07, 6.45) is 0.863. The Morgan fingerprint density at radius 1 is 0.921 bits per heavy atom. The maximum Gasteiger partial charge on any atom is 0.239 e. The lowest BCUT2D eigenvalue weighted by Gasteiger charge is -2.34. The van der Waals surface area contributed by atoms with Crippen LogP contribution >= 0.6 is 58.0 Å². The number of nitrogens with zero attached hydrogens (tertiary/aromatic N) is 1. The Bertz CT molecular complexity index is 1460. The molecule has 2 aliphatic heterocycles. The summed E-state index contributed by atoms with van der Waals surface area (Å²) < 4.78 is 0. The molecular formula is C27H20Cl5N3O3. The summed E-state index contributed by atoms with van der Waals surface area (Å²) in [6.45, 7) is 1.80. The number of anilines is 2. The SMILES string of the molecule is CC1(c2cc(Cl)cc(Cl)c2NC=O)NC(Cc2ccccc2Cl)C2C(=O)N(c3cc(Cl)cc(Cl)c3)C(=O)C21. The van der Waals surface area contributed by atoms with E-state index < -0.39 is 35.2 Å². The van der Waals surface area contributed by atoms with Crippen LogP contribution in [-0.2, 0) is 26.3 Å². The van der Waals surface area contributed by atoms with Gasteiger partial charge in [-0.15, -0.1) is 0 Å². The molecular weight excluding hydrogens is 592 g/mol. The molecule has 5 rings (SSSR count). The van der Waals surface area contributed by atoms with Gasteiger partial charge in [0.25, 0.3) is 0 Å². The van der Waals surface area contributed by atoms with E-state index in [2.05, 4.69) is 10.6 Å². The standard InChI is InChI=1S/C27H20Cl5N3O3/c1-27(18-10-16(30)11-20(32)24(18)33-12-36)23-22(21(34-27)6-13-4-2-3-5-19(13)31)25(37)35(26(23)38)17-8-14(28)7-15(29)9-17/h2-5,7-12,21-23,34H,6H2,1H3,(H,33,36). The molecule has 0 radical (unpaired) electrons. The zero-order chi connectivity index (χ0) is 27.4. The van der Waals surface area contributed by atoms with Crippen molar-refractivity contribution in [2.75, 3.05) is 10.2 Å². The third-order valence-electron chi connectivity index (χ3n) is 7.21. The van der Waals surface area contributed by atoms with E-state index in [1.807, 2.05) is 18.2 Å². The number of imide groups is 1. The van der Waals surface area contributed by atoms with Gasteiger partial charge in [0.1, 0.15) is 0 Å². The van der Waals surface area contributed by atoms with E-state index in [9.17, 15) is 14.4 Å². The number of hydrogen-bond donors (Lipinski definition) is 2. The fourth-order valence-corrected chi connectivity index (χ4v) is 6.98. The predicted molar refractivity (Wildman–Crippen MR) is 152 cm³/mol. The molecule has 0 spiro atoms. The van der Waals surface area contributed by atoms with Gasteiger partial charge in [-0.1, -0.05) is 76.2 Å². The van der Waals surface area contributed by atoms with E-state index in [1.54, 1.807) is 19.1 Å². The van der Waals surface area contributed by atoms with Gasteiger partial charge in [-0.2, -0.15) is 0 Å². The van der Waals surface area contributed by atoms with Gasteiger partial charge in [-0.05, 0) is 60.9 Å². The molecule has 3 aromatic rings. The molecule has 38 heavy (non-hydrogen) atoms. The maximum absolute atomic E-state index is 14.1. The first kappa shape index (κ1) is 27.3. The Balaban J connectivity index is 1.68. The zero-order valence-electron chi connectivity index (χ0n) is 19.8. The Morgan fingerprint density at radius 2 is 1.58 bits per heavy atom. The summed E-state index contributed by atoms with van der Waals surface area (Å²) in [6, 6.07) is 14.5. The number of benzene rings is 3. The highest BCUT2D eigenvalue weighted by Crippen LogP contribution is 2.52. The highest BCUT2D eigenvalue weighted by atomic mass is 35.5. The number of nitrogens with one attached hydrogen (secondary N) is 2. The lowest BCUT2D eigenvalue weighted by molar-refractivity contribution is -0.123. The Hall–Kier alpha value is -2.32. The van der Waals surface area contributed by atoms with Crippen molar-refractivity contribution in [1.29, 1.82) is 0 Å². The normalized spacial score (nSPS) is 24.6. The van der Waals surface area contributed by atoms with Gasteiger partial charge in [0.15, 0.2) is 0 Å². The van der Waals surface area contributed by atoms with Gasteiger partial charge in [0, 0.05) is 26.1 Å². The summed E-state index contributed by atoms with van der Waals surface area (Å²) in [7, 11) is 0. The van der Waals surface area contributed by atoms with Crippen LogP contribution in [0.15, 0.2) is 54.6 Å². The molecule has 196 valence electrons. The average molecular weight is 612 g/mol. The van der Waals surface area contributed by atoms with E-state index in [0.717, 1.165) is 10.5 Å². The molecule has 2 aliphatic rings. The summed E-state index contributed by atoms with van der Waals surface area (Å²) in [5.74, 6) is -2.49. The van der Waals surface area contributed by atoms with Crippen molar-refractivity contribution in [3.8, 4) is 0 Å². The second kappa shape index (κ2) is 10.3. The highest BCUT2D eigenvalue weighted by Gasteiger charge is 2.64. The Labute approximate surface area is 244 Å². The minimum Gasteiger partial charge on any atom is -0.327 e. The van der Waals surface area contributed by atoms with Crippen LogP contribution in [0.2, 0.25) is 25.1 Å². The zero-order valence-corrected chi connectivity index (χ0v) is 23.6. The second-order valence-corrected chi connectivity index (χ2v) is 11.6. The van der Waals surface area contributed by atoms with Gasteiger partial charge in [-0.25, -0.2) is 4.90 Å². The number of halogens is 5. The number of amides is 3. The topological polar surface area (TPSA) is 78.5 Å². The Kier molecular flexibility index (Phi) is 7.42. The quantitative estimate of drug-likeness (QED) is 0.239. The van der Waals surface area contributed by atoms with Crippen molar-refractivity contribution in [2.45, 2.75) is 24.9 Å². The van der Waals surface area contributed by atoms with E-state index in [-0.39, 0.29) is 20.8 Å². The monoisotopic (exact) mass is 609 g/mol. The smallest absolute Gasteiger partial charge is 0.239 e. The van der Waals surface area contributed by atoms with Crippen molar-refractivity contribution in [3.63, 3.8) is 0 Å². The summed E-state index contributed by atoms with van der Waals surface area (Å²) in [4.78, 5) is 40.7. The minimum absolute atomic E-state index is 0.198. The third-order valence-corrected chi connectivity index (χ3v) is 8.53. The lowest BCUT2D eigenvalue weighted by atomic mass is 9.76. The molecule has 4 atom stereocenters. The van der Waals surface area contributed by atoms with Crippen molar-refractivity contribution < 1.29 is 14.4 Å². The summed E-state index contributed by atoms with van der Waals surface area (Å²) >= 11 is 31.7. The third kappa shape index (κ3) is 4.57. The van der Waals surface area contributed by atoms with E-state index in [1.165, 1.54) is 24.3 Å². The van der Waals surface area contributed by atoms with E-state index in [4.69, 9.17) is 58.0 Å². The molecule has 3 aromatic carbocycles. The molecule has 2 fully saturated rings. The average Bonchev–Trinajstić information content (AvgIpc) is 3.29. The molecule has 0 aromatic heterocycles. The molecule has 6 nitrogen and oxygen atoms in total. The van der Waals surface area contributed by atoms with Crippen LogP contribution in [0.25, 0.3) is 0 Å². The van der Waals surface area contributed by atoms with Crippen molar-refractivity contribution in [3.05, 3.63) is 90.8 Å². The lowest BCUT2D eigenvalue weighted by Crippen LogP contribution is -2.48. The van der Waals surface area contributed by atoms with Crippen LogP contribution in [0, 0.1) is 11.8 Å². The minimum atomic E-state index is -1.15. The molecule has 2 heterocycles. The number of hydrogen-bond acceptors (Lipinski definition) is 4. The van der Waals surface area contributed by atoms with Crippen molar-refractivity contribution >= 4 is 87.6 Å². The summed E-state index contributed by atoms with van der Waals surface area (Å²) in [5, 5.41) is 7.79. The molecule has 2 saturated heterocycles. The molecule has 4 unspecified atom stereocenters. The first-order chi connectivity index (χ1) is 18.0. The van der Waals surface area contributed by atoms with Crippen LogP contribution in [0.4, 0.5) is 11.4 Å². The van der Waals surface area contributed by atoms with Crippen LogP contribution in [0.3, 0.4) is 0 Å².